The van der Waals surface area contributed by atoms with E-state index < -0.39 is 0 Å². The average Bonchev–Trinajstić information content (AvgIpc) is 3.17. The highest BCUT2D eigenvalue weighted by Gasteiger charge is 2.56. The molecule has 0 saturated heterocycles. The molecular weight excluding hydrogens is 236 g/mol. The molecule has 0 aromatic heterocycles. The van der Waals surface area contributed by atoms with E-state index in [4.69, 9.17) is 5.73 Å². The third-order valence-electron chi connectivity index (χ3n) is 6.11. The van der Waals surface area contributed by atoms with Crippen molar-refractivity contribution in [1.82, 2.24) is 4.90 Å². The summed E-state index contributed by atoms with van der Waals surface area (Å²) in [5, 5.41) is 0. The number of nitrogens with two attached hydrogens (primary N) is 1. The van der Waals surface area contributed by atoms with E-state index in [2.05, 4.69) is 4.90 Å². The van der Waals surface area contributed by atoms with Crippen LogP contribution in [-0.4, -0.2) is 29.9 Å². The summed E-state index contributed by atoms with van der Waals surface area (Å²) in [7, 11) is 0. The lowest BCUT2D eigenvalue weighted by Gasteiger charge is -2.56. The first-order valence-electron chi connectivity index (χ1n) is 8.21. The van der Waals surface area contributed by atoms with Gasteiger partial charge in [-0.15, -0.1) is 0 Å². The first kappa shape index (κ1) is 12.2. The Morgan fingerprint density at radius 2 is 1.58 bits per heavy atom. The Hall–Kier alpha value is -0.570. The van der Waals surface area contributed by atoms with Crippen molar-refractivity contribution in [3.63, 3.8) is 0 Å². The molecule has 0 radical (unpaired) electrons. The summed E-state index contributed by atoms with van der Waals surface area (Å²) in [5.41, 5.74) is 5.76. The zero-order chi connectivity index (χ0) is 13.0. The number of carbonyl (C=O) groups excluding carboxylic acids is 1. The van der Waals surface area contributed by atoms with Crippen molar-refractivity contribution < 1.29 is 4.79 Å². The van der Waals surface area contributed by atoms with Crippen molar-refractivity contribution in [1.29, 1.82) is 0 Å². The van der Waals surface area contributed by atoms with Gasteiger partial charge in [-0.25, -0.2) is 0 Å². The predicted molar refractivity (Wildman–Crippen MR) is 74.4 cm³/mol. The third-order valence-corrected chi connectivity index (χ3v) is 6.11. The van der Waals surface area contributed by atoms with Crippen molar-refractivity contribution in [2.45, 2.75) is 57.4 Å². The van der Waals surface area contributed by atoms with E-state index in [-0.39, 0.29) is 5.41 Å². The van der Waals surface area contributed by atoms with Crippen LogP contribution in [0.15, 0.2) is 0 Å². The van der Waals surface area contributed by atoms with Gasteiger partial charge in [0.05, 0.1) is 5.41 Å². The van der Waals surface area contributed by atoms with E-state index in [9.17, 15) is 4.79 Å². The molecule has 1 amide bonds. The number of nitrogens with zero attached hydrogens (tertiary/aromatic N) is 1. The first-order valence-corrected chi connectivity index (χ1v) is 8.21. The summed E-state index contributed by atoms with van der Waals surface area (Å²) in [6.07, 6.45) is 10.2. The molecule has 5 rings (SSSR count). The van der Waals surface area contributed by atoms with Gasteiger partial charge in [0, 0.05) is 19.1 Å². The van der Waals surface area contributed by atoms with Crippen LogP contribution in [0.1, 0.15) is 51.4 Å². The SMILES string of the molecule is NCCN(C(=O)C12CC3CC(CC(C3)C1)C2)C1CC1. The smallest absolute Gasteiger partial charge is 0.229 e. The van der Waals surface area contributed by atoms with Gasteiger partial charge in [-0.2, -0.15) is 0 Å². The Morgan fingerprint density at radius 1 is 1.05 bits per heavy atom. The third kappa shape index (κ3) is 1.93. The van der Waals surface area contributed by atoms with Crippen molar-refractivity contribution in [2.24, 2.45) is 28.9 Å². The van der Waals surface area contributed by atoms with Gasteiger partial charge >= 0.3 is 0 Å². The normalized spacial score (nSPS) is 43.5. The molecule has 19 heavy (non-hydrogen) atoms. The lowest BCUT2D eigenvalue weighted by atomic mass is 9.49. The molecular formula is C16H26N2O. The fraction of sp³-hybridized carbons (Fsp3) is 0.938. The highest BCUT2D eigenvalue weighted by atomic mass is 16.2. The van der Waals surface area contributed by atoms with Gasteiger partial charge in [0.1, 0.15) is 0 Å². The average molecular weight is 262 g/mol. The molecule has 0 heterocycles. The van der Waals surface area contributed by atoms with Gasteiger partial charge in [-0.05, 0) is 69.1 Å². The van der Waals surface area contributed by atoms with Crippen LogP contribution in [-0.2, 0) is 4.79 Å². The molecule has 0 aromatic rings. The lowest BCUT2D eigenvalue weighted by molar-refractivity contribution is -0.158. The van der Waals surface area contributed by atoms with Crippen molar-refractivity contribution in [3.8, 4) is 0 Å². The highest BCUT2D eigenvalue weighted by Crippen LogP contribution is 2.60. The van der Waals surface area contributed by atoms with E-state index in [0.29, 0.717) is 18.5 Å². The van der Waals surface area contributed by atoms with Gasteiger partial charge in [0.25, 0.3) is 0 Å². The standard InChI is InChI=1S/C16H26N2O/c17-3-4-18(14-1-2-14)15(19)16-8-11-5-12(9-16)7-13(6-11)10-16/h11-14H,1-10,17H2. The fourth-order valence-corrected chi connectivity index (χ4v) is 5.65. The largest absolute Gasteiger partial charge is 0.338 e. The number of hydrogen-bond acceptors (Lipinski definition) is 2. The van der Waals surface area contributed by atoms with Gasteiger partial charge < -0.3 is 10.6 Å². The molecule has 4 bridgehead atoms. The minimum absolute atomic E-state index is 0.0342. The second kappa shape index (κ2) is 4.21. The minimum atomic E-state index is 0.0342. The minimum Gasteiger partial charge on any atom is -0.338 e. The summed E-state index contributed by atoms with van der Waals surface area (Å²) < 4.78 is 0. The Kier molecular flexibility index (Phi) is 2.70. The maximum Gasteiger partial charge on any atom is 0.229 e. The highest BCUT2D eigenvalue weighted by molar-refractivity contribution is 5.84. The molecule has 0 aliphatic heterocycles. The quantitative estimate of drug-likeness (QED) is 0.844. The second-order valence-corrected chi connectivity index (χ2v) is 7.72. The molecule has 5 aliphatic rings. The van der Waals surface area contributed by atoms with Crippen molar-refractivity contribution >= 4 is 5.91 Å². The van der Waals surface area contributed by atoms with Crippen LogP contribution in [0.4, 0.5) is 0 Å². The van der Waals surface area contributed by atoms with Crippen LogP contribution >= 0.6 is 0 Å². The van der Waals surface area contributed by atoms with E-state index in [1.807, 2.05) is 0 Å². The van der Waals surface area contributed by atoms with Gasteiger partial charge in [0.15, 0.2) is 0 Å². The Morgan fingerprint density at radius 3 is 2.00 bits per heavy atom. The molecule has 3 heteroatoms. The maximum absolute atomic E-state index is 13.1. The molecule has 106 valence electrons. The molecule has 5 aliphatic carbocycles. The Labute approximate surface area is 115 Å². The molecule has 0 unspecified atom stereocenters. The van der Waals surface area contributed by atoms with E-state index in [0.717, 1.165) is 24.3 Å². The predicted octanol–water partition coefficient (Wildman–Crippen LogP) is 2.15. The summed E-state index contributed by atoms with van der Waals surface area (Å²) in [6, 6.07) is 0.532. The Bertz CT molecular complexity index is 353. The fourth-order valence-electron chi connectivity index (χ4n) is 5.65. The lowest BCUT2D eigenvalue weighted by Crippen LogP contribution is -2.55. The second-order valence-electron chi connectivity index (χ2n) is 7.72. The number of rotatable bonds is 4. The number of carbonyl (C=O) groups is 1. The van der Waals surface area contributed by atoms with Crippen molar-refractivity contribution in [3.05, 3.63) is 0 Å². The van der Waals surface area contributed by atoms with E-state index in [1.54, 1.807) is 0 Å². The summed E-state index contributed by atoms with van der Waals surface area (Å²) in [4.78, 5) is 15.3. The van der Waals surface area contributed by atoms with Gasteiger partial charge in [0.2, 0.25) is 5.91 Å². The zero-order valence-electron chi connectivity index (χ0n) is 11.8. The molecule has 3 nitrogen and oxygen atoms in total. The number of amides is 1. The molecule has 5 fully saturated rings. The van der Waals surface area contributed by atoms with E-state index >= 15 is 0 Å². The maximum atomic E-state index is 13.1. The molecule has 2 N–H and O–H groups in total. The van der Waals surface area contributed by atoms with Gasteiger partial charge in [-0.3, -0.25) is 4.79 Å². The van der Waals surface area contributed by atoms with Crippen LogP contribution in [0.2, 0.25) is 0 Å². The molecule has 5 saturated carbocycles. The molecule has 0 atom stereocenters. The van der Waals surface area contributed by atoms with Crippen molar-refractivity contribution in [2.75, 3.05) is 13.1 Å². The van der Waals surface area contributed by atoms with Crippen LogP contribution in [0.3, 0.4) is 0 Å². The van der Waals surface area contributed by atoms with Gasteiger partial charge in [-0.1, -0.05) is 0 Å². The Balaban J connectivity index is 1.58. The first-order chi connectivity index (χ1) is 9.20. The van der Waals surface area contributed by atoms with E-state index in [1.165, 1.54) is 51.4 Å². The topological polar surface area (TPSA) is 46.3 Å². The van der Waals surface area contributed by atoms with Crippen LogP contribution in [0.5, 0.6) is 0 Å². The van der Waals surface area contributed by atoms with Crippen LogP contribution in [0, 0.1) is 23.2 Å². The molecule has 0 spiro atoms. The van der Waals surface area contributed by atoms with Crippen LogP contribution in [0.25, 0.3) is 0 Å². The monoisotopic (exact) mass is 262 g/mol. The summed E-state index contributed by atoms with van der Waals surface area (Å²) in [5.74, 6) is 3.05. The van der Waals surface area contributed by atoms with Crippen LogP contribution < -0.4 is 5.73 Å². The summed E-state index contributed by atoms with van der Waals surface area (Å²) in [6.45, 7) is 1.40. The summed E-state index contributed by atoms with van der Waals surface area (Å²) >= 11 is 0. The molecule has 0 aromatic carbocycles. The number of hydrogen-bond donors (Lipinski definition) is 1. The zero-order valence-corrected chi connectivity index (χ0v) is 11.8.